The van der Waals surface area contributed by atoms with Crippen LogP contribution in [-0.4, -0.2) is 43.4 Å². The fraction of sp³-hybridized carbons (Fsp3) is 0.333. The molecule has 0 aliphatic rings. The van der Waals surface area contributed by atoms with Gasteiger partial charge in [-0.2, -0.15) is 0 Å². The fourth-order valence-electron chi connectivity index (χ4n) is 2.65. The Morgan fingerprint density at radius 1 is 1.31 bits per heavy atom. The van der Waals surface area contributed by atoms with E-state index < -0.39 is 0 Å². The number of benzene rings is 1. The number of thioether (sulfide) groups is 1. The van der Waals surface area contributed by atoms with Crippen molar-refractivity contribution >= 4 is 34.4 Å². The lowest BCUT2D eigenvalue weighted by Crippen LogP contribution is -2.15. The van der Waals surface area contributed by atoms with Crippen LogP contribution in [0, 0.1) is 0 Å². The van der Waals surface area contributed by atoms with Crippen LogP contribution < -0.4 is 0 Å². The highest BCUT2D eigenvalue weighted by molar-refractivity contribution is 8.00. The molecule has 0 spiro atoms. The average molecular weight is 372 g/mol. The number of aromatic amines is 1. The Balaban J connectivity index is 1.73. The number of carbonyl (C=O) groups is 2. The third-order valence-electron chi connectivity index (χ3n) is 4.04. The largest absolute Gasteiger partial charge is 0.466 e. The number of nitrogens with zero attached hydrogens (tertiary/aromatic N) is 3. The van der Waals surface area contributed by atoms with Crippen LogP contribution in [0.4, 0.5) is 0 Å². The molecule has 0 saturated carbocycles. The lowest BCUT2D eigenvalue weighted by molar-refractivity contribution is -0.142. The predicted octanol–water partition coefficient (Wildman–Crippen LogP) is 2.77. The number of aromatic nitrogens is 4. The minimum Gasteiger partial charge on any atom is -0.466 e. The van der Waals surface area contributed by atoms with E-state index in [1.807, 2.05) is 31.2 Å². The average Bonchev–Trinajstić information content (AvgIpc) is 3.20. The molecular weight excluding hydrogens is 352 g/mol. The first-order chi connectivity index (χ1) is 12.5. The number of hydrogen-bond donors (Lipinski definition) is 1. The molecule has 1 N–H and O–H groups in total. The highest BCUT2D eigenvalue weighted by Gasteiger charge is 2.23. The maximum Gasteiger partial charge on any atom is 0.313 e. The van der Waals surface area contributed by atoms with E-state index in [2.05, 4.69) is 15.2 Å². The van der Waals surface area contributed by atoms with Crippen molar-refractivity contribution in [2.24, 2.45) is 7.05 Å². The number of para-hydroxylation sites is 1. The van der Waals surface area contributed by atoms with Gasteiger partial charge < -0.3 is 14.3 Å². The number of esters is 1. The molecule has 1 atom stereocenters. The van der Waals surface area contributed by atoms with Gasteiger partial charge in [0.1, 0.15) is 12.2 Å². The molecule has 0 radical (unpaired) electrons. The van der Waals surface area contributed by atoms with E-state index in [-0.39, 0.29) is 23.4 Å². The number of hydrogen-bond acceptors (Lipinski definition) is 6. The first-order valence-electron chi connectivity index (χ1n) is 8.32. The molecule has 0 aliphatic carbocycles. The number of rotatable bonds is 7. The molecule has 0 amide bonds. The molecule has 0 fully saturated rings. The maximum absolute atomic E-state index is 12.8. The van der Waals surface area contributed by atoms with Gasteiger partial charge in [0.15, 0.2) is 10.9 Å². The lowest BCUT2D eigenvalue weighted by Gasteiger charge is -2.09. The number of nitrogens with one attached hydrogen (secondary N) is 1. The molecular formula is C18H20N4O3S. The smallest absolute Gasteiger partial charge is 0.313 e. The van der Waals surface area contributed by atoms with Crippen molar-refractivity contribution in [2.45, 2.75) is 30.7 Å². The lowest BCUT2D eigenvalue weighted by atomic mass is 10.1. The first kappa shape index (κ1) is 18.2. The molecule has 0 bridgehead atoms. The minimum absolute atomic E-state index is 0.0161. The number of H-pyrrole nitrogens is 1. The van der Waals surface area contributed by atoms with Crippen molar-refractivity contribution in [1.82, 2.24) is 19.7 Å². The molecule has 2 aromatic heterocycles. The van der Waals surface area contributed by atoms with Gasteiger partial charge in [-0.1, -0.05) is 30.0 Å². The van der Waals surface area contributed by atoms with Crippen LogP contribution in [0.1, 0.15) is 30.0 Å². The summed E-state index contributed by atoms with van der Waals surface area (Å²) in [5.41, 5.74) is 1.60. The van der Waals surface area contributed by atoms with Crippen LogP contribution >= 0.6 is 11.8 Å². The molecule has 0 unspecified atom stereocenters. The summed E-state index contributed by atoms with van der Waals surface area (Å²) in [4.78, 5) is 27.6. The number of Topliss-reactive ketones (excluding diaryl/α,β-unsaturated/α-hetero) is 1. The van der Waals surface area contributed by atoms with Gasteiger partial charge in [0.2, 0.25) is 0 Å². The zero-order chi connectivity index (χ0) is 18.7. The Bertz CT molecular complexity index is 947. The highest BCUT2D eigenvalue weighted by atomic mass is 32.2. The van der Waals surface area contributed by atoms with Gasteiger partial charge in [-0.15, -0.1) is 10.2 Å². The zero-order valence-corrected chi connectivity index (χ0v) is 15.7. The van der Waals surface area contributed by atoms with Gasteiger partial charge in [0, 0.05) is 29.7 Å². The second-order valence-electron chi connectivity index (χ2n) is 5.81. The Morgan fingerprint density at radius 2 is 2.08 bits per heavy atom. The van der Waals surface area contributed by atoms with Gasteiger partial charge in [-0.05, 0) is 19.9 Å². The van der Waals surface area contributed by atoms with Gasteiger partial charge in [-0.25, -0.2) is 0 Å². The van der Waals surface area contributed by atoms with Crippen LogP contribution in [0.15, 0.2) is 35.6 Å². The van der Waals surface area contributed by atoms with Crippen molar-refractivity contribution in [3.05, 3.63) is 41.9 Å². The Labute approximate surface area is 155 Å². The van der Waals surface area contributed by atoms with Crippen LogP contribution in [0.5, 0.6) is 0 Å². The summed E-state index contributed by atoms with van der Waals surface area (Å²) in [7, 11) is 1.78. The molecule has 136 valence electrons. The number of ketones is 1. The van der Waals surface area contributed by atoms with E-state index in [0.717, 1.165) is 10.9 Å². The molecule has 8 heteroatoms. The van der Waals surface area contributed by atoms with Crippen molar-refractivity contribution in [3.8, 4) is 0 Å². The van der Waals surface area contributed by atoms with Crippen molar-refractivity contribution in [3.63, 3.8) is 0 Å². The van der Waals surface area contributed by atoms with Crippen LogP contribution in [-0.2, 0) is 23.0 Å². The van der Waals surface area contributed by atoms with E-state index in [1.165, 1.54) is 11.8 Å². The number of fused-ring (bicyclic) bond motifs is 1. The van der Waals surface area contributed by atoms with Crippen molar-refractivity contribution in [2.75, 3.05) is 6.61 Å². The topological polar surface area (TPSA) is 89.9 Å². The second-order valence-corrected chi connectivity index (χ2v) is 7.12. The fourth-order valence-corrected chi connectivity index (χ4v) is 3.55. The summed E-state index contributed by atoms with van der Waals surface area (Å²) >= 11 is 1.32. The van der Waals surface area contributed by atoms with E-state index in [9.17, 15) is 9.59 Å². The summed E-state index contributed by atoms with van der Waals surface area (Å²) in [5, 5.41) is 9.30. The Kier molecular flexibility index (Phi) is 5.41. The quantitative estimate of drug-likeness (QED) is 0.390. The van der Waals surface area contributed by atoms with Gasteiger partial charge in [0.05, 0.1) is 11.9 Å². The molecule has 3 aromatic rings. The molecule has 0 saturated heterocycles. The molecule has 0 aliphatic heterocycles. The Hall–Kier alpha value is -2.61. The van der Waals surface area contributed by atoms with Gasteiger partial charge >= 0.3 is 5.97 Å². The third-order valence-corrected chi connectivity index (χ3v) is 5.17. The van der Waals surface area contributed by atoms with Crippen LogP contribution in [0.3, 0.4) is 0 Å². The summed E-state index contributed by atoms with van der Waals surface area (Å²) in [5.74, 6) is 0.183. The number of carbonyl (C=O) groups excluding carboxylic acids is 2. The summed E-state index contributed by atoms with van der Waals surface area (Å²) in [6, 6.07) is 7.70. The van der Waals surface area contributed by atoms with Gasteiger partial charge in [-0.3, -0.25) is 9.59 Å². The monoisotopic (exact) mass is 372 g/mol. The third kappa shape index (κ3) is 3.65. The molecule has 1 aromatic carbocycles. The van der Waals surface area contributed by atoms with Gasteiger partial charge in [0.25, 0.3) is 0 Å². The van der Waals surface area contributed by atoms with E-state index in [4.69, 9.17) is 4.74 Å². The molecule has 7 nitrogen and oxygen atoms in total. The van der Waals surface area contributed by atoms with E-state index >= 15 is 0 Å². The standard InChI is InChI=1S/C18H20N4O3S/c1-4-25-16(23)9-15-20-21-18(22(15)3)26-11(2)17(24)13-10-19-14-8-6-5-7-12(13)14/h5-8,10-11,19H,4,9H2,1-3H3/t11-/m0/s1. The van der Waals surface area contributed by atoms with E-state index in [1.54, 1.807) is 24.7 Å². The molecule has 3 rings (SSSR count). The molecule has 26 heavy (non-hydrogen) atoms. The highest BCUT2D eigenvalue weighted by Crippen LogP contribution is 2.27. The van der Waals surface area contributed by atoms with Crippen molar-refractivity contribution in [1.29, 1.82) is 0 Å². The maximum atomic E-state index is 12.8. The predicted molar refractivity (Wildman–Crippen MR) is 99.3 cm³/mol. The van der Waals surface area contributed by atoms with E-state index in [0.29, 0.717) is 23.2 Å². The van der Waals surface area contributed by atoms with Crippen LogP contribution in [0.25, 0.3) is 10.9 Å². The minimum atomic E-state index is -0.345. The zero-order valence-electron chi connectivity index (χ0n) is 14.9. The SMILES string of the molecule is CCOC(=O)Cc1nnc(S[C@@H](C)C(=O)c2c[nH]c3ccccc23)n1C. The summed E-state index contributed by atoms with van der Waals surface area (Å²) in [6.07, 6.45) is 1.80. The summed E-state index contributed by atoms with van der Waals surface area (Å²) < 4.78 is 6.66. The molecule has 2 heterocycles. The number of ether oxygens (including phenoxy) is 1. The Morgan fingerprint density at radius 3 is 2.85 bits per heavy atom. The second kappa shape index (κ2) is 7.74. The summed E-state index contributed by atoms with van der Waals surface area (Å²) in [6.45, 7) is 3.93. The first-order valence-corrected chi connectivity index (χ1v) is 9.20. The normalized spacial score (nSPS) is 12.3. The van der Waals surface area contributed by atoms with Crippen molar-refractivity contribution < 1.29 is 14.3 Å². The van der Waals surface area contributed by atoms with Crippen LogP contribution in [0.2, 0.25) is 0 Å².